The van der Waals surface area contributed by atoms with E-state index in [1.165, 1.54) is 0 Å². The van der Waals surface area contributed by atoms with Crippen molar-refractivity contribution in [3.05, 3.63) is 0 Å². The summed E-state index contributed by atoms with van der Waals surface area (Å²) in [4.78, 5) is 15.4. The minimum Gasteiger partial charge on any atom is -0.356 e. The van der Waals surface area contributed by atoms with Gasteiger partial charge < -0.3 is 10.2 Å². The van der Waals surface area contributed by atoms with Crippen LogP contribution in [-0.4, -0.2) is 19.1 Å². The average Bonchev–Trinajstić information content (AvgIpc) is 2.09. The largest absolute Gasteiger partial charge is 0.356 e. The summed E-state index contributed by atoms with van der Waals surface area (Å²) in [5, 5.41) is 2.80. The second-order valence-corrected chi connectivity index (χ2v) is 2.68. The van der Waals surface area contributed by atoms with Crippen LogP contribution < -0.4 is 11.2 Å². The van der Waals surface area contributed by atoms with Gasteiger partial charge in [0.2, 0.25) is 5.91 Å². The maximum Gasteiger partial charge on any atom is 0.219 e. The summed E-state index contributed by atoms with van der Waals surface area (Å²) in [7, 11) is 0. The third-order valence-electron chi connectivity index (χ3n) is 1.49. The fourth-order valence-corrected chi connectivity index (χ4v) is 0.824. The molecule has 3 N–H and O–H groups in total. The molecule has 0 bridgehead atoms. The number of amides is 1. The predicted molar refractivity (Wildman–Crippen MR) is 54.0 cm³/mol. The molecule has 1 amide bonds. The van der Waals surface area contributed by atoms with E-state index in [4.69, 9.17) is 5.90 Å². The van der Waals surface area contributed by atoms with Crippen LogP contribution in [0.1, 0.15) is 40.0 Å². The molecule has 80 valence electrons. The lowest BCUT2D eigenvalue weighted by Gasteiger charge is -2.02. The summed E-state index contributed by atoms with van der Waals surface area (Å²) in [5.74, 6) is 4.94. The topological polar surface area (TPSA) is 64.3 Å². The fourth-order valence-electron chi connectivity index (χ4n) is 0.824. The molecule has 0 atom stereocenters. The zero-order chi connectivity index (χ0) is 9.23. The van der Waals surface area contributed by atoms with Gasteiger partial charge in [-0.2, -0.15) is 0 Å². The monoisotopic (exact) mass is 190 g/mol. The number of nitrogens with two attached hydrogens (primary N) is 1. The molecule has 0 unspecified atom stereocenters. The molecule has 0 aliphatic rings. The quantitative estimate of drug-likeness (QED) is 0.468. The van der Waals surface area contributed by atoms with E-state index in [-0.39, 0.29) is 13.3 Å². The molecule has 0 saturated carbocycles. The molecule has 0 aliphatic carbocycles. The standard InChI is InChI=1S/C8H18N2O2.CH4/c1-2-6-10-8(11)5-3-4-7-12-9;/h2-7,9H2,1H3,(H,10,11);1H4. The van der Waals surface area contributed by atoms with Gasteiger partial charge in [-0.1, -0.05) is 14.4 Å². The number of hydrogen-bond donors (Lipinski definition) is 2. The van der Waals surface area contributed by atoms with Crippen molar-refractivity contribution < 1.29 is 9.63 Å². The van der Waals surface area contributed by atoms with Gasteiger partial charge in [-0.05, 0) is 19.3 Å². The zero-order valence-electron chi connectivity index (χ0n) is 7.64. The van der Waals surface area contributed by atoms with Crippen molar-refractivity contribution >= 4 is 5.91 Å². The van der Waals surface area contributed by atoms with E-state index < -0.39 is 0 Å². The lowest BCUT2D eigenvalue weighted by atomic mass is 10.2. The Morgan fingerprint density at radius 1 is 1.46 bits per heavy atom. The number of carbonyl (C=O) groups is 1. The Morgan fingerprint density at radius 3 is 2.69 bits per heavy atom. The lowest BCUT2D eigenvalue weighted by molar-refractivity contribution is -0.121. The van der Waals surface area contributed by atoms with Gasteiger partial charge in [0.15, 0.2) is 0 Å². The minimum atomic E-state index is 0. The third-order valence-corrected chi connectivity index (χ3v) is 1.49. The second kappa shape index (κ2) is 11.4. The van der Waals surface area contributed by atoms with E-state index in [1.54, 1.807) is 0 Å². The Bertz CT molecular complexity index is 118. The normalized spacial score (nSPS) is 9.08. The van der Waals surface area contributed by atoms with Crippen LogP contribution in [0.15, 0.2) is 0 Å². The first kappa shape index (κ1) is 14.9. The highest BCUT2D eigenvalue weighted by Gasteiger charge is 1.98. The molecular weight excluding hydrogens is 168 g/mol. The molecule has 0 fully saturated rings. The number of unbranched alkanes of at least 4 members (excludes halogenated alkanes) is 1. The van der Waals surface area contributed by atoms with Gasteiger partial charge in [-0.25, -0.2) is 5.90 Å². The number of hydrogen-bond acceptors (Lipinski definition) is 3. The van der Waals surface area contributed by atoms with Crippen molar-refractivity contribution in [3.8, 4) is 0 Å². The van der Waals surface area contributed by atoms with Gasteiger partial charge in [-0.3, -0.25) is 4.79 Å². The van der Waals surface area contributed by atoms with E-state index in [0.717, 1.165) is 25.8 Å². The molecule has 0 rings (SSSR count). The molecule has 4 heteroatoms. The predicted octanol–water partition coefficient (Wildman–Crippen LogP) is 1.21. The summed E-state index contributed by atoms with van der Waals surface area (Å²) >= 11 is 0. The second-order valence-electron chi connectivity index (χ2n) is 2.68. The highest BCUT2D eigenvalue weighted by atomic mass is 16.6. The first-order valence-corrected chi connectivity index (χ1v) is 4.39. The van der Waals surface area contributed by atoms with E-state index in [1.807, 2.05) is 6.92 Å². The molecule has 0 aliphatic heterocycles. The molecule has 0 aromatic heterocycles. The third kappa shape index (κ3) is 11.4. The smallest absolute Gasteiger partial charge is 0.219 e. The summed E-state index contributed by atoms with van der Waals surface area (Å²) in [6.07, 6.45) is 3.24. The Hall–Kier alpha value is -0.610. The lowest BCUT2D eigenvalue weighted by Crippen LogP contribution is -2.23. The molecule has 0 aromatic carbocycles. The number of nitrogens with one attached hydrogen (secondary N) is 1. The van der Waals surface area contributed by atoms with Gasteiger partial charge >= 0.3 is 0 Å². The minimum absolute atomic E-state index is 0. The van der Waals surface area contributed by atoms with E-state index >= 15 is 0 Å². The van der Waals surface area contributed by atoms with Gasteiger partial charge in [0.05, 0.1) is 6.61 Å². The van der Waals surface area contributed by atoms with Crippen molar-refractivity contribution in [3.63, 3.8) is 0 Å². The van der Waals surface area contributed by atoms with Crippen molar-refractivity contribution in [2.75, 3.05) is 13.2 Å². The first-order valence-electron chi connectivity index (χ1n) is 4.39. The Kier molecular flexibility index (Phi) is 13.0. The van der Waals surface area contributed by atoms with Gasteiger partial charge in [-0.15, -0.1) is 0 Å². The SMILES string of the molecule is C.CCCNC(=O)CCCCON. The van der Waals surface area contributed by atoms with Crippen LogP contribution in [-0.2, 0) is 9.63 Å². The van der Waals surface area contributed by atoms with E-state index in [2.05, 4.69) is 10.2 Å². The van der Waals surface area contributed by atoms with Crippen LogP contribution in [0.25, 0.3) is 0 Å². The van der Waals surface area contributed by atoms with E-state index in [9.17, 15) is 4.79 Å². The van der Waals surface area contributed by atoms with Gasteiger partial charge in [0, 0.05) is 13.0 Å². The molecule has 0 heterocycles. The summed E-state index contributed by atoms with van der Waals surface area (Å²) in [6, 6.07) is 0. The zero-order valence-corrected chi connectivity index (χ0v) is 7.64. The van der Waals surface area contributed by atoms with Crippen LogP contribution in [0, 0.1) is 0 Å². The molecule has 13 heavy (non-hydrogen) atoms. The molecule has 0 aromatic rings. The van der Waals surface area contributed by atoms with Crippen molar-refractivity contribution in [2.45, 2.75) is 40.0 Å². The van der Waals surface area contributed by atoms with Crippen molar-refractivity contribution in [2.24, 2.45) is 5.90 Å². The molecule has 0 saturated heterocycles. The van der Waals surface area contributed by atoms with E-state index in [0.29, 0.717) is 13.0 Å². The summed E-state index contributed by atoms with van der Waals surface area (Å²) in [5.41, 5.74) is 0. The molecule has 0 spiro atoms. The maximum atomic E-state index is 11.0. The number of rotatable bonds is 7. The first-order chi connectivity index (χ1) is 5.81. The van der Waals surface area contributed by atoms with Crippen LogP contribution in [0.2, 0.25) is 0 Å². The number of carbonyl (C=O) groups excluding carboxylic acids is 1. The fraction of sp³-hybridized carbons (Fsp3) is 0.889. The Morgan fingerprint density at radius 2 is 2.15 bits per heavy atom. The maximum absolute atomic E-state index is 11.0. The van der Waals surface area contributed by atoms with Crippen LogP contribution in [0.3, 0.4) is 0 Å². The molecular formula is C9H22N2O2. The highest BCUT2D eigenvalue weighted by Crippen LogP contribution is 1.94. The average molecular weight is 190 g/mol. The molecule has 0 radical (unpaired) electrons. The van der Waals surface area contributed by atoms with Crippen LogP contribution in [0.4, 0.5) is 0 Å². The van der Waals surface area contributed by atoms with Crippen LogP contribution >= 0.6 is 0 Å². The summed E-state index contributed by atoms with van der Waals surface area (Å²) < 4.78 is 0. The molecule has 4 nitrogen and oxygen atoms in total. The Balaban J connectivity index is 0. The van der Waals surface area contributed by atoms with Crippen LogP contribution in [0.5, 0.6) is 0 Å². The van der Waals surface area contributed by atoms with Crippen molar-refractivity contribution in [1.82, 2.24) is 5.32 Å². The highest BCUT2D eigenvalue weighted by molar-refractivity contribution is 5.75. The Labute approximate surface area is 80.8 Å². The van der Waals surface area contributed by atoms with Gasteiger partial charge in [0.25, 0.3) is 0 Å². The summed E-state index contributed by atoms with van der Waals surface area (Å²) in [6.45, 7) is 3.33. The van der Waals surface area contributed by atoms with Crippen molar-refractivity contribution in [1.29, 1.82) is 0 Å². The van der Waals surface area contributed by atoms with Gasteiger partial charge in [0.1, 0.15) is 0 Å².